The fraction of sp³-hybridized carbons (Fsp3) is 0.194. The second-order valence-corrected chi connectivity index (χ2v) is 28.2. The van der Waals surface area contributed by atoms with Crippen LogP contribution in [0.4, 0.5) is 0 Å². The molecule has 2 aliphatic heterocycles. The number of amides is 2. The molecule has 0 fully saturated rings. The third-order valence-electron chi connectivity index (χ3n) is 19.3. The Labute approximate surface area is 709 Å². The average Bonchev–Trinajstić information content (AvgIpc) is 1.56. The average molecular weight is 1700 g/mol. The van der Waals surface area contributed by atoms with Crippen molar-refractivity contribution in [2.24, 2.45) is 5.73 Å². The fourth-order valence-electron chi connectivity index (χ4n) is 13.5. The largest absolute Gasteiger partial charge is 2.00 e. The molecule has 1 aliphatic carbocycles. The van der Waals surface area contributed by atoms with Gasteiger partial charge in [0, 0.05) is 91.8 Å². The normalized spacial score (nSPS) is 10.8. The van der Waals surface area contributed by atoms with Gasteiger partial charge >= 0.3 is 50.3 Å². The first-order chi connectivity index (χ1) is 57.4. The zero-order valence-corrected chi connectivity index (χ0v) is 69.4. The van der Waals surface area contributed by atoms with E-state index in [2.05, 4.69) is 48.3 Å². The van der Waals surface area contributed by atoms with Crippen molar-refractivity contribution in [3.8, 4) is 89.5 Å². The van der Waals surface area contributed by atoms with E-state index >= 15 is 0 Å². The molecule has 21 nitrogen and oxygen atoms in total. The number of hydrogen-bond donors (Lipinski definition) is 3. The molecule has 0 saturated heterocycles. The van der Waals surface area contributed by atoms with Gasteiger partial charge in [-0.1, -0.05) is 217 Å². The van der Waals surface area contributed by atoms with Crippen molar-refractivity contribution in [3.05, 3.63) is 277 Å². The molecular formula is C98H91N7O14Pd. The summed E-state index contributed by atoms with van der Waals surface area (Å²) in [6.07, 6.45) is 0.802. The summed E-state index contributed by atoms with van der Waals surface area (Å²) in [5.74, 6) is -3.68. The summed E-state index contributed by atoms with van der Waals surface area (Å²) in [6.45, 7) is 30.5. The fourth-order valence-corrected chi connectivity index (χ4v) is 13.5. The molecule has 8 aromatic carbocycles. The Balaban J connectivity index is 0.00000118. The second-order valence-electron chi connectivity index (χ2n) is 28.2. The molecular weight excluding hydrogens is 1610 g/mol. The van der Waals surface area contributed by atoms with E-state index in [1.54, 1.807) is 83.1 Å². The van der Waals surface area contributed by atoms with Crippen molar-refractivity contribution in [2.75, 3.05) is 52.7 Å². The van der Waals surface area contributed by atoms with Gasteiger partial charge in [0.15, 0.2) is 11.6 Å². The number of hydrogen-bond acceptors (Lipinski definition) is 17. The van der Waals surface area contributed by atoms with Crippen LogP contribution in [0, 0.1) is 0 Å². The molecule has 2 aromatic heterocycles. The minimum atomic E-state index is -0.567. The minimum absolute atomic E-state index is 0. The Kier molecular flexibility index (Phi) is 30.3. The van der Waals surface area contributed by atoms with Crippen molar-refractivity contribution >= 4 is 96.8 Å². The zero-order valence-electron chi connectivity index (χ0n) is 67.9. The standard InChI is InChI=1S/C90H76N6O12.C6H11NO2.C2H6.Pd/c1-51(2)87(101)105-47-17-27-71(97)55-29-33-57(34-30-55)73-77-63-19-9-10-20-64(63)78(93-77)74(58-35-31-56(32-36-58)72(98)28-18-48-106-88(102)52(3)4)80-66-22-12-14-24-68(66)82(95-80)76(60-39-43-62(44-40-60)86(100)92-46-50-108-90(104)54(7)8)84-70-26-16-15-25-69(70)83(96-84)75(81-67-23-13-11-21-65(67)79(73)94-81)59-37-41-61(42-38-59)85(99)91-45-49-107-89(103)53(5)6;1-5(2)6(8)9-4-3-7;1-2;/h9-16,19-26,29-44H,1,3,5,7,17-18,27-28,45-50H2,2,4,6,8H3,(H4,91,92,93,94,95,96,97,98,99,100);1,3-4,7H2,2H3;1-2H3;/q;;;+2/p-2. The first kappa shape index (κ1) is 88.7. The number of nitrogens with zero attached hydrogens (tertiary/aromatic N) is 4. The van der Waals surface area contributed by atoms with E-state index < -0.39 is 35.7 Å². The number of esters is 5. The number of ketones is 2. The third kappa shape index (κ3) is 20.3. The number of carbonyl (C=O) groups is 9. The van der Waals surface area contributed by atoms with E-state index in [4.69, 9.17) is 44.6 Å². The Hall–Kier alpha value is -13.6. The maximum Gasteiger partial charge on any atom is 2.00 e. The number of aromatic nitrogens is 4. The molecule has 0 atom stereocenters. The molecule has 0 radical (unpaired) electrons. The van der Waals surface area contributed by atoms with Crippen LogP contribution in [0.5, 0.6) is 0 Å². The molecule has 0 saturated carbocycles. The number of benzene rings is 8. The molecule has 8 bridgehead atoms. The minimum Gasteiger partial charge on any atom is -0.656 e. The number of carbonyl (C=O) groups excluding carboxylic acids is 9. The van der Waals surface area contributed by atoms with E-state index in [0.717, 1.165) is 43.8 Å². The summed E-state index contributed by atoms with van der Waals surface area (Å²) in [4.78, 5) is 139. The zero-order chi connectivity index (χ0) is 85.1. The predicted molar refractivity (Wildman–Crippen MR) is 466 cm³/mol. The van der Waals surface area contributed by atoms with E-state index in [1.165, 1.54) is 0 Å². The van der Waals surface area contributed by atoms with E-state index in [1.807, 2.05) is 159 Å². The van der Waals surface area contributed by atoms with Crippen LogP contribution in [0.1, 0.15) is 116 Å². The van der Waals surface area contributed by atoms with Gasteiger partial charge in [-0.25, -0.2) is 33.9 Å². The summed E-state index contributed by atoms with van der Waals surface area (Å²) < 4.78 is 25.8. The van der Waals surface area contributed by atoms with Gasteiger partial charge in [0.05, 0.1) is 49.1 Å². The van der Waals surface area contributed by atoms with Crippen molar-refractivity contribution in [1.82, 2.24) is 30.6 Å². The van der Waals surface area contributed by atoms with E-state index in [0.29, 0.717) is 137 Å². The molecule has 120 heavy (non-hydrogen) atoms. The predicted octanol–water partition coefficient (Wildman–Crippen LogP) is 18.2. The molecule has 0 unspecified atom stereocenters. The third-order valence-corrected chi connectivity index (χ3v) is 19.3. The Morgan fingerprint density at radius 1 is 0.333 bits per heavy atom. The van der Waals surface area contributed by atoms with Crippen LogP contribution in [-0.4, -0.2) is 116 Å². The van der Waals surface area contributed by atoms with Gasteiger partial charge in [0.25, 0.3) is 11.8 Å². The second kappa shape index (κ2) is 41.0. The summed E-state index contributed by atoms with van der Waals surface area (Å²) in [5.41, 5.74) is 20.4. The van der Waals surface area contributed by atoms with Crippen LogP contribution >= 0.6 is 0 Å². The molecule has 0 spiro atoms. The van der Waals surface area contributed by atoms with E-state index in [-0.39, 0.29) is 119 Å². The molecule has 3 aliphatic rings. The monoisotopic (exact) mass is 1700 g/mol. The molecule has 4 N–H and O–H groups in total. The van der Waals surface area contributed by atoms with Gasteiger partial charge in [0.2, 0.25) is 0 Å². The summed E-state index contributed by atoms with van der Waals surface area (Å²) in [5, 5.41) is 8.71. The number of rotatable bonds is 29. The first-order valence-electron chi connectivity index (χ1n) is 39.0. The number of nitrogens with two attached hydrogens (primary N) is 1. The number of ether oxygens (including phenoxy) is 5. The van der Waals surface area contributed by atoms with Crippen LogP contribution in [0.3, 0.4) is 0 Å². The van der Waals surface area contributed by atoms with Crippen LogP contribution in [0.15, 0.2) is 255 Å². The van der Waals surface area contributed by atoms with Crippen LogP contribution in [0.25, 0.3) is 133 Å². The van der Waals surface area contributed by atoms with Gasteiger partial charge in [-0.15, -0.1) is 22.1 Å². The van der Waals surface area contributed by atoms with Crippen molar-refractivity contribution in [1.29, 1.82) is 0 Å². The van der Waals surface area contributed by atoms with Crippen LogP contribution in [0.2, 0.25) is 0 Å². The molecule has 13 rings (SSSR count). The number of nitrogens with one attached hydrogen (secondary N) is 2. The van der Waals surface area contributed by atoms with Crippen LogP contribution < -0.4 is 26.3 Å². The van der Waals surface area contributed by atoms with Gasteiger partial charge in [-0.2, -0.15) is 0 Å². The smallest absolute Gasteiger partial charge is 0.656 e. The van der Waals surface area contributed by atoms with Crippen molar-refractivity contribution < 1.29 is 87.3 Å². The van der Waals surface area contributed by atoms with Gasteiger partial charge in [0.1, 0.15) is 19.8 Å². The molecule has 612 valence electrons. The van der Waals surface area contributed by atoms with Gasteiger partial charge in [-0.05, 0) is 138 Å². The Bertz CT molecular complexity index is 5360. The Morgan fingerprint density at radius 3 is 0.817 bits per heavy atom. The molecule has 2 amide bonds. The summed E-state index contributed by atoms with van der Waals surface area (Å²) in [7, 11) is 0. The van der Waals surface area contributed by atoms with Crippen molar-refractivity contribution in [3.63, 3.8) is 0 Å². The van der Waals surface area contributed by atoms with Gasteiger partial charge < -0.3 is 50.0 Å². The quantitative estimate of drug-likeness (QED) is 0.00979. The van der Waals surface area contributed by atoms with Gasteiger partial charge in [-0.3, -0.25) is 19.2 Å². The maximum atomic E-state index is 14.1. The molecule has 4 heterocycles. The Morgan fingerprint density at radius 2 is 0.567 bits per heavy atom. The molecule has 10 aromatic rings. The van der Waals surface area contributed by atoms with E-state index in [9.17, 15) is 43.2 Å². The number of Topliss-reactive ketones (excluding diaryl/α,β-unsaturated/α-hetero) is 2. The summed E-state index contributed by atoms with van der Waals surface area (Å²) >= 11 is 0. The van der Waals surface area contributed by atoms with Crippen LogP contribution in [-0.2, 0) is 68.1 Å². The maximum absolute atomic E-state index is 14.1. The first-order valence-corrected chi connectivity index (χ1v) is 39.0. The topological polar surface area (TPSA) is 304 Å². The molecule has 22 heteroatoms. The SMILES string of the molecule is C=C(C)C(=O)OCCCC(=O)c1ccc(-c2c3nc(c(-c4ccc(C(=O)CCCOC(=O)C(=C)C)cc4)c4[n-]c(c(-c5ccc(C(=O)NCCOC(=O)C(=C)C)cc5)c5nc(c(-c6ccc(C(=O)NCCOC(=O)C(=C)C)cc6)c6[n-]c2c2ccccc62)-c2ccccc2-5)c2ccccc42)-c2ccccc2-3)cc1.C=C(C)C(=O)OCCN.CC.[Pd+2]. The summed E-state index contributed by atoms with van der Waals surface area (Å²) in [6, 6.07) is 60.9. The van der Waals surface area contributed by atoms with Crippen molar-refractivity contribution in [2.45, 2.75) is 74.1 Å².